The van der Waals surface area contributed by atoms with Gasteiger partial charge in [0.2, 0.25) is 0 Å². The lowest BCUT2D eigenvalue weighted by Crippen LogP contribution is -2.37. The summed E-state index contributed by atoms with van der Waals surface area (Å²) in [5.74, 6) is 2.43. The molecule has 8 heteroatoms. The molecule has 308 valence electrons. The molecule has 0 radical (unpaired) electrons. The van der Waals surface area contributed by atoms with Crippen molar-refractivity contribution in [1.29, 1.82) is 5.26 Å². The van der Waals surface area contributed by atoms with Gasteiger partial charge in [0.05, 0.1) is 38.4 Å². The van der Waals surface area contributed by atoms with Gasteiger partial charge in [0.25, 0.3) is 8.53 Å². The molecule has 0 saturated carbocycles. The van der Waals surface area contributed by atoms with Gasteiger partial charge >= 0.3 is 0 Å². The third-order valence-electron chi connectivity index (χ3n) is 10.6. The molecule has 3 aromatic carbocycles. The molecule has 56 heavy (non-hydrogen) atoms. The molecule has 7 nitrogen and oxygen atoms in total. The van der Waals surface area contributed by atoms with Gasteiger partial charge in [0, 0.05) is 23.2 Å². The maximum absolute atomic E-state index is 9.16. The molecule has 0 fully saturated rings. The monoisotopic (exact) mass is 787 g/mol. The van der Waals surface area contributed by atoms with Gasteiger partial charge in [-0.05, 0) is 76.8 Å². The fourth-order valence-electron chi connectivity index (χ4n) is 7.89. The number of ether oxygens (including phenoxy) is 3. The summed E-state index contributed by atoms with van der Waals surface area (Å²) in [5, 5.41) is 9.16. The van der Waals surface area contributed by atoms with Crippen molar-refractivity contribution in [3.05, 3.63) is 89.5 Å². The molecule has 0 bridgehead atoms. The Bertz CT molecular complexity index is 1500. The average molecular weight is 787 g/mol. The van der Waals surface area contributed by atoms with E-state index < -0.39 is 14.1 Å². The fraction of sp³-hybridized carbons (Fsp3) is 0.604. The second-order valence-corrected chi connectivity index (χ2v) is 17.2. The van der Waals surface area contributed by atoms with Crippen molar-refractivity contribution in [2.75, 3.05) is 19.8 Å². The minimum atomic E-state index is -1.39. The van der Waals surface area contributed by atoms with E-state index in [-0.39, 0.29) is 18.2 Å². The Morgan fingerprint density at radius 3 is 1.71 bits per heavy atom. The first-order chi connectivity index (χ1) is 27.3. The summed E-state index contributed by atoms with van der Waals surface area (Å²) < 4.78 is 35.1. The molecule has 0 amide bonds. The van der Waals surface area contributed by atoms with Gasteiger partial charge in [-0.2, -0.15) is 5.26 Å². The van der Waals surface area contributed by atoms with Gasteiger partial charge in [-0.1, -0.05) is 139 Å². The zero-order chi connectivity index (χ0) is 40.0. The summed E-state index contributed by atoms with van der Waals surface area (Å²) in [4.78, 5) is 0. The Balaban J connectivity index is 1.45. The Kier molecular flexibility index (Phi) is 20.7. The number of para-hydroxylation sites is 2. The smallest absolute Gasteiger partial charge is 0.259 e. The first-order valence-corrected chi connectivity index (χ1v) is 23.0. The van der Waals surface area contributed by atoms with E-state index in [1.807, 2.05) is 36.4 Å². The molecule has 0 saturated heterocycles. The summed E-state index contributed by atoms with van der Waals surface area (Å²) in [6.07, 6.45) is 20.1. The molecular formula is C48H71N2O5P. The van der Waals surface area contributed by atoms with Crippen LogP contribution in [0.1, 0.15) is 161 Å². The van der Waals surface area contributed by atoms with E-state index in [0.29, 0.717) is 26.2 Å². The van der Waals surface area contributed by atoms with E-state index in [9.17, 15) is 0 Å². The van der Waals surface area contributed by atoms with Crippen molar-refractivity contribution in [2.45, 2.75) is 168 Å². The van der Waals surface area contributed by atoms with E-state index in [0.717, 1.165) is 53.2 Å². The highest BCUT2D eigenvalue weighted by molar-refractivity contribution is 7.44. The van der Waals surface area contributed by atoms with Crippen LogP contribution in [0, 0.1) is 11.3 Å². The van der Waals surface area contributed by atoms with E-state index in [1.165, 1.54) is 77.0 Å². The predicted octanol–water partition coefficient (Wildman–Crippen LogP) is 14.0. The van der Waals surface area contributed by atoms with E-state index in [4.69, 9.17) is 28.5 Å². The lowest BCUT2D eigenvalue weighted by Gasteiger charge is -2.41. The summed E-state index contributed by atoms with van der Waals surface area (Å²) in [6.45, 7) is 14.1. The molecule has 2 atom stereocenters. The van der Waals surface area contributed by atoms with Gasteiger partial charge in [0.15, 0.2) is 5.60 Å². The lowest BCUT2D eigenvalue weighted by atomic mass is 9.77. The standard InChI is InChI=1S/C48H71N2O5P/c1-7-9-10-11-12-13-14-15-16-17-18-19-26-42(25-8-2)54-43-33-31-41(32-34-43)48(44-27-20-22-29-46(44)55-47-30-23-21-28-45(47)48)51-37-38-53-56(52-36-24-35-49)50(39(3)4)40(5)6/h20-23,27-34,39-40,42H,7-19,24-26,36-38H2,1-6H3. The molecule has 0 spiro atoms. The summed E-state index contributed by atoms with van der Waals surface area (Å²) in [7, 11) is -1.39. The molecular weight excluding hydrogens is 716 g/mol. The quantitative estimate of drug-likeness (QED) is 0.0512. The van der Waals surface area contributed by atoms with Gasteiger partial charge in [-0.15, -0.1) is 0 Å². The maximum Gasteiger partial charge on any atom is 0.259 e. The molecule has 3 aromatic rings. The average Bonchev–Trinajstić information content (AvgIpc) is 3.19. The number of nitriles is 1. The number of unbranched alkanes of at least 4 members (excludes halogenated alkanes) is 11. The predicted molar refractivity (Wildman–Crippen MR) is 231 cm³/mol. The minimum Gasteiger partial charge on any atom is -0.490 e. The largest absolute Gasteiger partial charge is 0.490 e. The second kappa shape index (κ2) is 25.4. The van der Waals surface area contributed by atoms with Crippen molar-refractivity contribution >= 4 is 8.53 Å². The first-order valence-electron chi connectivity index (χ1n) is 21.8. The molecule has 1 aliphatic heterocycles. The Labute approximate surface area is 341 Å². The van der Waals surface area contributed by atoms with E-state index in [1.54, 1.807) is 0 Å². The molecule has 0 N–H and O–H groups in total. The van der Waals surface area contributed by atoms with Crippen LogP contribution in [-0.4, -0.2) is 42.7 Å². The third-order valence-corrected chi connectivity index (χ3v) is 12.7. The molecule has 0 aliphatic carbocycles. The van der Waals surface area contributed by atoms with E-state index in [2.05, 4.69) is 88.7 Å². The summed E-state index contributed by atoms with van der Waals surface area (Å²) >= 11 is 0. The van der Waals surface area contributed by atoms with Crippen LogP contribution in [0.2, 0.25) is 0 Å². The number of hydrogen-bond donors (Lipinski definition) is 0. The Morgan fingerprint density at radius 1 is 0.643 bits per heavy atom. The van der Waals surface area contributed by atoms with Crippen LogP contribution in [0.15, 0.2) is 72.8 Å². The van der Waals surface area contributed by atoms with Crippen LogP contribution in [0.25, 0.3) is 0 Å². The van der Waals surface area contributed by atoms with E-state index >= 15 is 0 Å². The highest BCUT2D eigenvalue weighted by Gasteiger charge is 2.45. The molecule has 2 unspecified atom stereocenters. The zero-order valence-electron chi connectivity index (χ0n) is 35.5. The summed E-state index contributed by atoms with van der Waals surface area (Å²) in [6, 6.07) is 27.4. The van der Waals surface area contributed by atoms with Crippen LogP contribution in [0.3, 0.4) is 0 Å². The highest BCUT2D eigenvalue weighted by atomic mass is 31.2. The van der Waals surface area contributed by atoms with Crippen molar-refractivity contribution in [2.24, 2.45) is 0 Å². The van der Waals surface area contributed by atoms with Crippen molar-refractivity contribution in [3.63, 3.8) is 0 Å². The summed E-state index contributed by atoms with van der Waals surface area (Å²) in [5.41, 5.74) is 1.95. The SMILES string of the molecule is CCCCCCCCCCCCCCC(CCC)Oc1ccc(C2(OCCOP(OCCC#N)N(C(C)C)C(C)C)c3ccccc3Oc3ccccc32)cc1. The normalized spacial score (nSPS) is 14.3. The number of rotatable bonds is 29. The molecule has 1 aliphatic rings. The number of fused-ring (bicyclic) bond motifs is 2. The third kappa shape index (κ3) is 13.6. The highest BCUT2D eigenvalue weighted by Crippen LogP contribution is 2.53. The number of hydrogen-bond acceptors (Lipinski definition) is 7. The van der Waals surface area contributed by atoms with Crippen molar-refractivity contribution in [3.8, 4) is 23.3 Å². The maximum atomic E-state index is 9.16. The second-order valence-electron chi connectivity index (χ2n) is 15.7. The molecule has 0 aromatic heterocycles. The van der Waals surface area contributed by atoms with Crippen LogP contribution in [0.5, 0.6) is 17.2 Å². The number of benzene rings is 3. The number of nitrogens with zero attached hydrogens (tertiary/aromatic N) is 2. The molecule has 1 heterocycles. The Morgan fingerprint density at radius 2 is 1.18 bits per heavy atom. The van der Waals surface area contributed by atoms with Gasteiger partial charge < -0.3 is 23.3 Å². The van der Waals surface area contributed by atoms with Crippen molar-refractivity contribution in [1.82, 2.24) is 4.67 Å². The van der Waals surface area contributed by atoms with Crippen molar-refractivity contribution < 1.29 is 23.3 Å². The zero-order valence-corrected chi connectivity index (χ0v) is 36.4. The minimum absolute atomic E-state index is 0.211. The Hall–Kier alpha value is -2.98. The van der Waals surface area contributed by atoms with Crippen LogP contribution >= 0.6 is 8.53 Å². The van der Waals surface area contributed by atoms with Crippen LogP contribution < -0.4 is 9.47 Å². The fourth-order valence-corrected chi connectivity index (χ4v) is 9.46. The lowest BCUT2D eigenvalue weighted by molar-refractivity contribution is -0.0104. The topological polar surface area (TPSA) is 73.2 Å². The van der Waals surface area contributed by atoms with Gasteiger partial charge in [-0.25, -0.2) is 4.67 Å². The van der Waals surface area contributed by atoms with Gasteiger partial charge in [0.1, 0.15) is 17.2 Å². The van der Waals surface area contributed by atoms with Crippen LogP contribution in [-0.2, 0) is 19.4 Å². The van der Waals surface area contributed by atoms with Gasteiger partial charge in [-0.3, -0.25) is 0 Å². The molecule has 4 rings (SSSR count). The first kappa shape index (κ1) is 45.7. The van der Waals surface area contributed by atoms with Crippen LogP contribution in [0.4, 0.5) is 0 Å².